The van der Waals surface area contributed by atoms with Gasteiger partial charge in [0, 0.05) is 19.3 Å². The Morgan fingerprint density at radius 2 is 0.534 bits per heavy atom. The van der Waals surface area contributed by atoms with Crippen LogP contribution in [-0.4, -0.2) is 37.2 Å². The summed E-state index contributed by atoms with van der Waals surface area (Å²) in [5, 5.41) is 0. The number of allylic oxidation sites excluding steroid dienone is 10. The summed E-state index contributed by atoms with van der Waals surface area (Å²) in [7, 11) is 0. The molecule has 0 bridgehead atoms. The van der Waals surface area contributed by atoms with Crippen LogP contribution < -0.4 is 0 Å². The maximum atomic E-state index is 12.9. The molecule has 0 aliphatic carbocycles. The molecule has 0 spiro atoms. The van der Waals surface area contributed by atoms with E-state index < -0.39 is 6.10 Å². The topological polar surface area (TPSA) is 78.9 Å². The van der Waals surface area contributed by atoms with E-state index in [0.29, 0.717) is 19.3 Å². The quantitative estimate of drug-likeness (QED) is 0.0261. The highest BCUT2D eigenvalue weighted by molar-refractivity contribution is 5.71. The first-order chi connectivity index (χ1) is 36.0. The maximum absolute atomic E-state index is 12.9. The summed E-state index contributed by atoms with van der Waals surface area (Å²) in [6, 6.07) is 0. The molecule has 73 heavy (non-hydrogen) atoms. The first-order valence-corrected chi connectivity index (χ1v) is 31.8. The number of ether oxygens (including phenoxy) is 3. The third kappa shape index (κ3) is 59.9. The molecule has 0 saturated heterocycles. The minimum atomic E-state index is -0.780. The van der Waals surface area contributed by atoms with Gasteiger partial charge in [-0.3, -0.25) is 14.4 Å². The molecule has 0 aromatic rings. The van der Waals surface area contributed by atoms with Crippen LogP contribution in [0.2, 0.25) is 0 Å². The molecule has 1 atom stereocenters. The summed E-state index contributed by atoms with van der Waals surface area (Å²) in [4.78, 5) is 38.3. The van der Waals surface area contributed by atoms with Crippen molar-refractivity contribution in [2.45, 2.75) is 335 Å². The second kappa shape index (κ2) is 61.7. The van der Waals surface area contributed by atoms with Gasteiger partial charge >= 0.3 is 17.9 Å². The lowest BCUT2D eigenvalue weighted by molar-refractivity contribution is -0.167. The summed E-state index contributed by atoms with van der Waals surface area (Å²) in [5.74, 6) is -0.875. The van der Waals surface area contributed by atoms with Gasteiger partial charge in [-0.05, 0) is 64.2 Å². The van der Waals surface area contributed by atoms with Gasteiger partial charge in [-0.25, -0.2) is 0 Å². The monoisotopic (exact) mass is 1020 g/mol. The SMILES string of the molecule is CC/C=C\C/C=C\C/C=C\C/C=C\C/C=C\CCCCCCCC(=O)OCC(COC(=O)CCCCCCCCCCCCCCCC)OC(=O)CCCCCCCCCCCCCCCCCCCCCC. The fourth-order valence-electron chi connectivity index (χ4n) is 9.30. The minimum absolute atomic E-state index is 0.0758. The molecule has 424 valence electrons. The van der Waals surface area contributed by atoms with Crippen molar-refractivity contribution in [2.24, 2.45) is 0 Å². The van der Waals surface area contributed by atoms with E-state index in [1.807, 2.05) is 0 Å². The third-order valence-corrected chi connectivity index (χ3v) is 14.0. The van der Waals surface area contributed by atoms with Gasteiger partial charge in [0.15, 0.2) is 6.10 Å². The molecule has 0 heterocycles. The zero-order valence-corrected chi connectivity index (χ0v) is 48.7. The number of esters is 3. The van der Waals surface area contributed by atoms with Crippen LogP contribution in [0.25, 0.3) is 0 Å². The van der Waals surface area contributed by atoms with E-state index in [4.69, 9.17) is 14.2 Å². The molecule has 0 rings (SSSR count). The van der Waals surface area contributed by atoms with Crippen molar-refractivity contribution in [1.82, 2.24) is 0 Å². The Labute approximate surface area is 453 Å². The van der Waals surface area contributed by atoms with E-state index in [1.165, 1.54) is 180 Å². The third-order valence-electron chi connectivity index (χ3n) is 14.0. The van der Waals surface area contributed by atoms with Crippen molar-refractivity contribution in [3.8, 4) is 0 Å². The molecule has 6 heteroatoms. The average molecular weight is 1020 g/mol. The number of carbonyl (C=O) groups is 3. The van der Waals surface area contributed by atoms with Gasteiger partial charge < -0.3 is 14.2 Å². The van der Waals surface area contributed by atoms with Crippen LogP contribution in [0.3, 0.4) is 0 Å². The minimum Gasteiger partial charge on any atom is -0.462 e. The summed E-state index contributed by atoms with van der Waals surface area (Å²) >= 11 is 0. The molecule has 0 radical (unpaired) electrons. The number of unbranched alkanes of at least 4 members (excludes halogenated alkanes) is 37. The Kier molecular flexibility index (Phi) is 59.2. The van der Waals surface area contributed by atoms with Crippen molar-refractivity contribution < 1.29 is 28.6 Å². The first-order valence-electron chi connectivity index (χ1n) is 31.8. The number of hydrogen-bond acceptors (Lipinski definition) is 6. The van der Waals surface area contributed by atoms with Crippen LogP contribution in [0.15, 0.2) is 60.8 Å². The Morgan fingerprint density at radius 1 is 0.288 bits per heavy atom. The lowest BCUT2D eigenvalue weighted by Crippen LogP contribution is -2.30. The van der Waals surface area contributed by atoms with Gasteiger partial charge in [0.2, 0.25) is 0 Å². The lowest BCUT2D eigenvalue weighted by Gasteiger charge is -2.18. The number of rotatable bonds is 58. The zero-order valence-electron chi connectivity index (χ0n) is 48.7. The van der Waals surface area contributed by atoms with Gasteiger partial charge in [-0.2, -0.15) is 0 Å². The Bertz CT molecular complexity index is 1310. The van der Waals surface area contributed by atoms with Crippen molar-refractivity contribution in [3.05, 3.63) is 60.8 Å². The smallest absolute Gasteiger partial charge is 0.306 e. The molecule has 1 unspecified atom stereocenters. The fraction of sp³-hybridized carbons (Fsp3) is 0.806. The van der Waals surface area contributed by atoms with E-state index in [9.17, 15) is 14.4 Å². The van der Waals surface area contributed by atoms with Gasteiger partial charge in [-0.1, -0.05) is 306 Å². The predicted octanol–water partition coefficient (Wildman–Crippen LogP) is 21.6. The molecule has 6 nitrogen and oxygen atoms in total. The highest BCUT2D eigenvalue weighted by Crippen LogP contribution is 2.17. The predicted molar refractivity (Wildman–Crippen MR) is 316 cm³/mol. The number of carbonyl (C=O) groups excluding carboxylic acids is 3. The molecular weight excluding hydrogens is 901 g/mol. The molecule has 0 aromatic heterocycles. The molecular formula is C67H120O6. The van der Waals surface area contributed by atoms with Crippen LogP contribution in [0.1, 0.15) is 329 Å². The van der Waals surface area contributed by atoms with E-state index >= 15 is 0 Å². The Morgan fingerprint density at radius 3 is 0.836 bits per heavy atom. The summed E-state index contributed by atoms with van der Waals surface area (Å²) in [6.45, 7) is 6.56. The molecule has 0 amide bonds. The normalized spacial score (nSPS) is 12.4. The summed E-state index contributed by atoms with van der Waals surface area (Å²) in [5.41, 5.74) is 0. The average Bonchev–Trinajstić information content (AvgIpc) is 3.39. The summed E-state index contributed by atoms with van der Waals surface area (Å²) in [6.07, 6.45) is 77.9. The van der Waals surface area contributed by atoms with E-state index in [-0.39, 0.29) is 31.1 Å². The van der Waals surface area contributed by atoms with Gasteiger partial charge in [0.05, 0.1) is 0 Å². The van der Waals surface area contributed by atoms with Crippen molar-refractivity contribution in [1.29, 1.82) is 0 Å². The zero-order chi connectivity index (χ0) is 52.9. The molecule has 0 N–H and O–H groups in total. The second-order valence-electron chi connectivity index (χ2n) is 21.3. The van der Waals surface area contributed by atoms with Crippen LogP contribution in [0.5, 0.6) is 0 Å². The Hall–Kier alpha value is -2.89. The highest BCUT2D eigenvalue weighted by atomic mass is 16.6. The molecule has 0 fully saturated rings. The number of hydrogen-bond donors (Lipinski definition) is 0. The first kappa shape index (κ1) is 70.1. The molecule has 0 aliphatic heterocycles. The molecule has 0 aromatic carbocycles. The van der Waals surface area contributed by atoms with Crippen LogP contribution in [-0.2, 0) is 28.6 Å². The van der Waals surface area contributed by atoms with Crippen LogP contribution in [0, 0.1) is 0 Å². The van der Waals surface area contributed by atoms with E-state index in [0.717, 1.165) is 109 Å². The lowest BCUT2D eigenvalue weighted by atomic mass is 10.0. The van der Waals surface area contributed by atoms with Crippen LogP contribution >= 0.6 is 0 Å². The van der Waals surface area contributed by atoms with Crippen LogP contribution in [0.4, 0.5) is 0 Å². The van der Waals surface area contributed by atoms with Crippen molar-refractivity contribution in [3.63, 3.8) is 0 Å². The maximum Gasteiger partial charge on any atom is 0.306 e. The molecule has 0 saturated carbocycles. The van der Waals surface area contributed by atoms with Crippen molar-refractivity contribution >= 4 is 17.9 Å². The highest BCUT2D eigenvalue weighted by Gasteiger charge is 2.19. The van der Waals surface area contributed by atoms with Crippen molar-refractivity contribution in [2.75, 3.05) is 13.2 Å². The second-order valence-corrected chi connectivity index (χ2v) is 21.3. The largest absolute Gasteiger partial charge is 0.462 e. The van der Waals surface area contributed by atoms with Gasteiger partial charge in [0.25, 0.3) is 0 Å². The summed E-state index contributed by atoms with van der Waals surface area (Å²) < 4.78 is 16.9. The Balaban J connectivity index is 4.36. The standard InChI is InChI=1S/C67H120O6/c1-4-7-10-13-16-19-22-25-28-30-32-34-36-37-39-42-45-48-51-54-57-60-66(69)72-63-64(62-71-65(68)59-56-53-50-47-44-41-27-24-21-18-15-12-9-6-3)73-67(70)61-58-55-52-49-46-43-40-38-35-33-31-29-26-23-20-17-14-11-8-5-2/h7,10,16,19,25,28,32,34,37,39,64H,4-6,8-9,11-15,17-18,20-24,26-27,29-31,33,35-36,38,40-63H2,1-3H3/b10-7-,19-16-,28-25-,34-32-,39-37-. The molecule has 0 aliphatic rings. The van der Waals surface area contributed by atoms with Gasteiger partial charge in [-0.15, -0.1) is 0 Å². The van der Waals surface area contributed by atoms with Gasteiger partial charge in [0.1, 0.15) is 13.2 Å². The van der Waals surface area contributed by atoms with E-state index in [1.54, 1.807) is 0 Å². The van der Waals surface area contributed by atoms with E-state index in [2.05, 4.69) is 81.5 Å². The fourth-order valence-corrected chi connectivity index (χ4v) is 9.30.